The van der Waals surface area contributed by atoms with Gasteiger partial charge >= 0.3 is 5.97 Å². The van der Waals surface area contributed by atoms with Gasteiger partial charge in [-0.25, -0.2) is 4.79 Å². The van der Waals surface area contributed by atoms with Crippen LogP contribution in [0.3, 0.4) is 0 Å². The number of para-hydroxylation sites is 1. The Morgan fingerprint density at radius 1 is 0.963 bits per heavy atom. The maximum Gasteiger partial charge on any atom is 0.326 e. The Kier molecular flexibility index (Phi) is 6.54. The molecule has 7 nitrogen and oxygen atoms in total. The van der Waals surface area contributed by atoms with E-state index >= 15 is 0 Å². The van der Waals surface area contributed by atoms with Crippen LogP contribution >= 0.6 is 0 Å². The highest BCUT2D eigenvalue weighted by atomic mass is 16.5. The van der Waals surface area contributed by atoms with Crippen LogP contribution in [0.4, 0.5) is 5.69 Å². The van der Waals surface area contributed by atoms with Gasteiger partial charge in [0.1, 0.15) is 11.8 Å². The molecule has 27 heavy (non-hydrogen) atoms. The monoisotopic (exact) mass is 370 g/mol. The number of carbonyl (C=O) groups excluding carboxylic acids is 2. The Labute approximate surface area is 157 Å². The number of hydrogen-bond donors (Lipinski definition) is 3. The Morgan fingerprint density at radius 2 is 1.59 bits per heavy atom. The summed E-state index contributed by atoms with van der Waals surface area (Å²) in [6.45, 7) is 3.41. The summed E-state index contributed by atoms with van der Waals surface area (Å²) in [5.74, 6) is -1.73. The van der Waals surface area contributed by atoms with Crippen molar-refractivity contribution in [3.8, 4) is 5.75 Å². The Hall–Kier alpha value is -3.35. The standard InChI is InChI=1S/C20H22N2O5/c1-12(2)17(20(25)26)22-19(24)15-6-4-5-7-16(15)21-18(23)13-8-10-14(27-3)11-9-13/h4-12,17H,1-3H3,(H,21,23)(H,22,24)(H,25,26)/t17-/m1/s1. The van der Waals surface area contributed by atoms with Crippen molar-refractivity contribution in [2.45, 2.75) is 19.9 Å². The third-order valence-corrected chi connectivity index (χ3v) is 3.99. The molecule has 0 spiro atoms. The van der Waals surface area contributed by atoms with Gasteiger partial charge in [-0.15, -0.1) is 0 Å². The molecule has 3 N–H and O–H groups in total. The zero-order valence-corrected chi connectivity index (χ0v) is 15.4. The molecule has 2 aromatic rings. The van der Waals surface area contributed by atoms with Gasteiger partial charge in [0.15, 0.2) is 0 Å². The van der Waals surface area contributed by atoms with E-state index in [2.05, 4.69) is 10.6 Å². The number of amides is 2. The molecule has 0 aromatic heterocycles. The van der Waals surface area contributed by atoms with Gasteiger partial charge in [-0.1, -0.05) is 26.0 Å². The second-order valence-corrected chi connectivity index (χ2v) is 6.26. The molecule has 0 saturated heterocycles. The molecule has 2 aromatic carbocycles. The minimum absolute atomic E-state index is 0.186. The largest absolute Gasteiger partial charge is 0.497 e. The third kappa shape index (κ3) is 5.07. The second kappa shape index (κ2) is 8.84. The first-order valence-corrected chi connectivity index (χ1v) is 8.41. The lowest BCUT2D eigenvalue weighted by Gasteiger charge is -2.19. The number of rotatable bonds is 7. The van der Waals surface area contributed by atoms with Gasteiger partial charge in [0.25, 0.3) is 11.8 Å². The van der Waals surface area contributed by atoms with Crippen molar-refractivity contribution in [2.24, 2.45) is 5.92 Å². The molecule has 2 amide bonds. The average molecular weight is 370 g/mol. The molecular weight excluding hydrogens is 348 g/mol. The van der Waals surface area contributed by atoms with E-state index in [4.69, 9.17) is 4.74 Å². The fourth-order valence-corrected chi connectivity index (χ4v) is 2.46. The van der Waals surface area contributed by atoms with Crippen LogP contribution < -0.4 is 15.4 Å². The van der Waals surface area contributed by atoms with E-state index in [1.165, 1.54) is 13.2 Å². The molecule has 0 aliphatic heterocycles. The van der Waals surface area contributed by atoms with Crippen molar-refractivity contribution in [1.82, 2.24) is 5.32 Å². The zero-order valence-electron chi connectivity index (χ0n) is 15.4. The van der Waals surface area contributed by atoms with E-state index in [0.29, 0.717) is 17.0 Å². The van der Waals surface area contributed by atoms with E-state index < -0.39 is 23.8 Å². The summed E-state index contributed by atoms with van der Waals surface area (Å²) in [6.07, 6.45) is 0. The summed E-state index contributed by atoms with van der Waals surface area (Å²) in [6, 6.07) is 11.9. The smallest absolute Gasteiger partial charge is 0.326 e. The maximum atomic E-state index is 12.5. The van der Waals surface area contributed by atoms with Gasteiger partial charge in [-0.05, 0) is 42.3 Å². The van der Waals surface area contributed by atoms with Crippen molar-refractivity contribution in [3.05, 3.63) is 59.7 Å². The molecule has 0 fully saturated rings. The van der Waals surface area contributed by atoms with Crippen LogP contribution in [0.1, 0.15) is 34.6 Å². The van der Waals surface area contributed by atoms with Gasteiger partial charge in [-0.3, -0.25) is 9.59 Å². The maximum absolute atomic E-state index is 12.5. The van der Waals surface area contributed by atoms with Gasteiger partial charge in [0.2, 0.25) is 0 Å². The molecule has 2 rings (SSSR count). The highest BCUT2D eigenvalue weighted by Gasteiger charge is 2.25. The van der Waals surface area contributed by atoms with E-state index in [-0.39, 0.29) is 11.5 Å². The molecule has 0 heterocycles. The van der Waals surface area contributed by atoms with Crippen molar-refractivity contribution >= 4 is 23.5 Å². The van der Waals surface area contributed by atoms with Crippen LogP contribution in [-0.2, 0) is 4.79 Å². The fourth-order valence-electron chi connectivity index (χ4n) is 2.46. The SMILES string of the molecule is COc1ccc(C(=O)Nc2ccccc2C(=O)N[C@@H](C(=O)O)C(C)C)cc1. The van der Waals surface area contributed by atoms with Crippen molar-refractivity contribution in [2.75, 3.05) is 12.4 Å². The number of ether oxygens (including phenoxy) is 1. The van der Waals surface area contributed by atoms with Gasteiger partial charge in [0.05, 0.1) is 18.4 Å². The lowest BCUT2D eigenvalue weighted by molar-refractivity contribution is -0.140. The molecule has 7 heteroatoms. The number of carboxylic acid groups (broad SMARTS) is 1. The molecule has 0 bridgehead atoms. The number of anilines is 1. The number of hydrogen-bond acceptors (Lipinski definition) is 4. The van der Waals surface area contributed by atoms with Crippen molar-refractivity contribution in [3.63, 3.8) is 0 Å². The summed E-state index contributed by atoms with van der Waals surface area (Å²) >= 11 is 0. The molecule has 0 unspecified atom stereocenters. The first kappa shape index (κ1) is 20.0. The highest BCUT2D eigenvalue weighted by Crippen LogP contribution is 2.18. The minimum atomic E-state index is -1.11. The second-order valence-electron chi connectivity index (χ2n) is 6.26. The summed E-state index contributed by atoms with van der Waals surface area (Å²) in [5.41, 5.74) is 0.881. The number of carboxylic acids is 1. The zero-order chi connectivity index (χ0) is 20.0. The first-order chi connectivity index (χ1) is 12.8. The predicted octanol–water partition coefficient (Wildman–Crippen LogP) is 2.79. The quantitative estimate of drug-likeness (QED) is 0.695. The Morgan fingerprint density at radius 3 is 2.15 bits per heavy atom. The Balaban J connectivity index is 2.20. The number of aliphatic carboxylic acids is 1. The normalized spacial score (nSPS) is 11.6. The highest BCUT2D eigenvalue weighted by molar-refractivity contribution is 6.09. The van der Waals surface area contributed by atoms with E-state index in [0.717, 1.165) is 0 Å². The molecule has 142 valence electrons. The topological polar surface area (TPSA) is 105 Å². The van der Waals surface area contributed by atoms with Crippen molar-refractivity contribution < 1.29 is 24.2 Å². The first-order valence-electron chi connectivity index (χ1n) is 8.41. The van der Waals surface area contributed by atoms with Crippen LogP contribution in [0.2, 0.25) is 0 Å². The lowest BCUT2D eigenvalue weighted by Crippen LogP contribution is -2.44. The number of methoxy groups -OCH3 is 1. The molecule has 0 radical (unpaired) electrons. The van der Waals surface area contributed by atoms with Crippen molar-refractivity contribution in [1.29, 1.82) is 0 Å². The van der Waals surface area contributed by atoms with Crippen LogP contribution in [0, 0.1) is 5.92 Å². The molecule has 0 saturated carbocycles. The number of benzene rings is 2. The third-order valence-electron chi connectivity index (χ3n) is 3.99. The van der Waals surface area contributed by atoms with Crippen LogP contribution in [0.5, 0.6) is 5.75 Å². The summed E-state index contributed by atoms with van der Waals surface area (Å²) in [5, 5.41) is 14.4. The number of nitrogens with one attached hydrogen (secondary N) is 2. The summed E-state index contributed by atoms with van der Waals surface area (Å²) < 4.78 is 5.06. The molecule has 1 atom stereocenters. The van der Waals surface area contributed by atoms with Crippen LogP contribution in [0.15, 0.2) is 48.5 Å². The predicted molar refractivity (Wildman–Crippen MR) is 101 cm³/mol. The lowest BCUT2D eigenvalue weighted by atomic mass is 10.0. The van der Waals surface area contributed by atoms with Crippen LogP contribution in [0.25, 0.3) is 0 Å². The molecule has 0 aliphatic rings. The Bertz CT molecular complexity index is 831. The van der Waals surface area contributed by atoms with Crippen LogP contribution in [-0.4, -0.2) is 36.0 Å². The molecule has 0 aliphatic carbocycles. The fraction of sp³-hybridized carbons (Fsp3) is 0.250. The van der Waals surface area contributed by atoms with E-state index in [1.807, 2.05) is 0 Å². The minimum Gasteiger partial charge on any atom is -0.497 e. The number of carbonyl (C=O) groups is 3. The van der Waals surface area contributed by atoms with Gasteiger partial charge < -0.3 is 20.5 Å². The van der Waals surface area contributed by atoms with Gasteiger partial charge in [-0.2, -0.15) is 0 Å². The summed E-state index contributed by atoms with van der Waals surface area (Å²) in [4.78, 5) is 36.3. The molecular formula is C20H22N2O5. The average Bonchev–Trinajstić information content (AvgIpc) is 2.65. The van der Waals surface area contributed by atoms with E-state index in [1.54, 1.807) is 56.3 Å². The van der Waals surface area contributed by atoms with Gasteiger partial charge in [0, 0.05) is 5.56 Å². The van der Waals surface area contributed by atoms with E-state index in [9.17, 15) is 19.5 Å². The summed E-state index contributed by atoms with van der Waals surface area (Å²) in [7, 11) is 1.53.